The first kappa shape index (κ1) is 13.9. The van der Waals surface area contributed by atoms with Crippen LogP contribution in [0.5, 0.6) is 5.75 Å². The number of hydrogen-bond acceptors (Lipinski definition) is 3. The van der Waals surface area contributed by atoms with Gasteiger partial charge in [-0.1, -0.05) is 12.1 Å². The van der Waals surface area contributed by atoms with Crippen molar-refractivity contribution < 1.29 is 9.53 Å². The van der Waals surface area contributed by atoms with Gasteiger partial charge < -0.3 is 15.0 Å². The van der Waals surface area contributed by atoms with Gasteiger partial charge in [-0.15, -0.1) is 0 Å². The van der Waals surface area contributed by atoms with Crippen LogP contribution in [0.4, 0.5) is 0 Å². The minimum atomic E-state index is 0.178. The van der Waals surface area contributed by atoms with E-state index in [1.807, 2.05) is 36.2 Å². The SMILES string of the molecule is COc1cccc(CN(C)C(=O)C2CCNCC2)c1. The highest BCUT2D eigenvalue weighted by atomic mass is 16.5. The molecule has 4 heteroatoms. The Morgan fingerprint density at radius 3 is 2.84 bits per heavy atom. The fourth-order valence-corrected chi connectivity index (χ4v) is 2.50. The van der Waals surface area contributed by atoms with Gasteiger partial charge in [-0.25, -0.2) is 0 Å². The predicted molar refractivity (Wildman–Crippen MR) is 75.1 cm³/mol. The van der Waals surface area contributed by atoms with E-state index in [9.17, 15) is 4.79 Å². The van der Waals surface area contributed by atoms with Gasteiger partial charge >= 0.3 is 0 Å². The number of nitrogens with one attached hydrogen (secondary N) is 1. The Labute approximate surface area is 114 Å². The molecule has 0 saturated carbocycles. The summed E-state index contributed by atoms with van der Waals surface area (Å²) in [6.45, 7) is 2.53. The van der Waals surface area contributed by atoms with Crippen molar-refractivity contribution in [3.05, 3.63) is 29.8 Å². The first-order valence-electron chi connectivity index (χ1n) is 6.79. The number of rotatable bonds is 4. The van der Waals surface area contributed by atoms with Crippen LogP contribution in [0.3, 0.4) is 0 Å². The van der Waals surface area contributed by atoms with Crippen molar-refractivity contribution in [1.82, 2.24) is 10.2 Å². The zero-order chi connectivity index (χ0) is 13.7. The molecule has 1 aliphatic heterocycles. The van der Waals surface area contributed by atoms with Crippen LogP contribution in [0.15, 0.2) is 24.3 Å². The number of ether oxygens (including phenoxy) is 1. The van der Waals surface area contributed by atoms with Crippen LogP contribution >= 0.6 is 0 Å². The maximum Gasteiger partial charge on any atom is 0.225 e. The van der Waals surface area contributed by atoms with Gasteiger partial charge in [-0.3, -0.25) is 4.79 Å². The monoisotopic (exact) mass is 262 g/mol. The molecule has 0 bridgehead atoms. The molecule has 19 heavy (non-hydrogen) atoms. The fourth-order valence-electron chi connectivity index (χ4n) is 2.50. The Morgan fingerprint density at radius 2 is 2.16 bits per heavy atom. The van der Waals surface area contributed by atoms with Crippen LogP contribution in [-0.2, 0) is 11.3 Å². The largest absolute Gasteiger partial charge is 0.497 e. The van der Waals surface area contributed by atoms with Gasteiger partial charge in [-0.05, 0) is 43.6 Å². The van der Waals surface area contributed by atoms with Crippen LogP contribution in [0.1, 0.15) is 18.4 Å². The molecular weight excluding hydrogens is 240 g/mol. The summed E-state index contributed by atoms with van der Waals surface area (Å²) in [7, 11) is 3.53. The molecular formula is C15H22N2O2. The van der Waals surface area contributed by atoms with E-state index in [-0.39, 0.29) is 11.8 Å². The molecule has 1 N–H and O–H groups in total. The normalized spacial score (nSPS) is 16.1. The third-order valence-corrected chi connectivity index (χ3v) is 3.62. The maximum atomic E-state index is 12.3. The van der Waals surface area contributed by atoms with Crippen molar-refractivity contribution in [3.8, 4) is 5.75 Å². The number of benzene rings is 1. The van der Waals surface area contributed by atoms with Crippen molar-refractivity contribution in [2.75, 3.05) is 27.2 Å². The molecule has 1 heterocycles. The number of carbonyl (C=O) groups excluding carboxylic acids is 1. The number of amides is 1. The van der Waals surface area contributed by atoms with Gasteiger partial charge in [0.15, 0.2) is 0 Å². The molecule has 0 spiro atoms. The van der Waals surface area contributed by atoms with Crippen LogP contribution in [0.2, 0.25) is 0 Å². The minimum Gasteiger partial charge on any atom is -0.497 e. The molecule has 0 aliphatic carbocycles. The lowest BCUT2D eigenvalue weighted by Crippen LogP contribution is -2.38. The van der Waals surface area contributed by atoms with Crippen molar-refractivity contribution in [2.24, 2.45) is 5.92 Å². The molecule has 0 aromatic heterocycles. The van der Waals surface area contributed by atoms with E-state index in [0.29, 0.717) is 6.54 Å². The molecule has 1 fully saturated rings. The summed E-state index contributed by atoms with van der Waals surface area (Å²) in [6.07, 6.45) is 1.89. The van der Waals surface area contributed by atoms with Gasteiger partial charge in [-0.2, -0.15) is 0 Å². The van der Waals surface area contributed by atoms with E-state index >= 15 is 0 Å². The van der Waals surface area contributed by atoms with E-state index in [1.54, 1.807) is 7.11 Å². The molecule has 0 atom stereocenters. The smallest absolute Gasteiger partial charge is 0.225 e. The summed E-state index contributed by atoms with van der Waals surface area (Å²) in [5.74, 6) is 1.27. The summed E-state index contributed by atoms with van der Waals surface area (Å²) in [4.78, 5) is 14.1. The van der Waals surface area contributed by atoms with Crippen molar-refractivity contribution in [2.45, 2.75) is 19.4 Å². The van der Waals surface area contributed by atoms with Gasteiger partial charge in [0.05, 0.1) is 7.11 Å². The number of hydrogen-bond donors (Lipinski definition) is 1. The number of methoxy groups -OCH3 is 1. The number of carbonyl (C=O) groups is 1. The van der Waals surface area contributed by atoms with Crippen molar-refractivity contribution in [1.29, 1.82) is 0 Å². The molecule has 1 aromatic rings. The van der Waals surface area contributed by atoms with Gasteiger partial charge in [0.2, 0.25) is 5.91 Å². The highest BCUT2D eigenvalue weighted by Crippen LogP contribution is 2.18. The standard InChI is InChI=1S/C15H22N2O2/c1-17(15(18)13-6-8-16-9-7-13)11-12-4-3-5-14(10-12)19-2/h3-5,10,13,16H,6-9,11H2,1-2H3. The van der Waals surface area contributed by atoms with E-state index < -0.39 is 0 Å². The average Bonchev–Trinajstić information content (AvgIpc) is 2.47. The van der Waals surface area contributed by atoms with Crippen molar-refractivity contribution in [3.63, 3.8) is 0 Å². The second-order valence-corrected chi connectivity index (χ2v) is 5.07. The van der Waals surface area contributed by atoms with Crippen LogP contribution < -0.4 is 10.1 Å². The topological polar surface area (TPSA) is 41.6 Å². The first-order chi connectivity index (χ1) is 9.20. The molecule has 1 aromatic carbocycles. The molecule has 0 unspecified atom stereocenters. The average molecular weight is 262 g/mol. The number of nitrogens with zero attached hydrogens (tertiary/aromatic N) is 1. The Kier molecular flexibility index (Phi) is 4.80. The maximum absolute atomic E-state index is 12.3. The zero-order valence-corrected chi connectivity index (χ0v) is 11.7. The van der Waals surface area contributed by atoms with Gasteiger partial charge in [0, 0.05) is 19.5 Å². The van der Waals surface area contributed by atoms with E-state index in [0.717, 1.165) is 37.2 Å². The predicted octanol–water partition coefficient (Wildman–Crippen LogP) is 1.65. The van der Waals surface area contributed by atoms with Crippen LogP contribution in [0, 0.1) is 5.92 Å². The van der Waals surface area contributed by atoms with Gasteiger partial charge in [0.1, 0.15) is 5.75 Å². The zero-order valence-electron chi connectivity index (χ0n) is 11.7. The van der Waals surface area contributed by atoms with E-state index in [1.165, 1.54) is 0 Å². The molecule has 0 radical (unpaired) electrons. The Balaban J connectivity index is 1.95. The summed E-state index contributed by atoms with van der Waals surface area (Å²) >= 11 is 0. The highest BCUT2D eigenvalue weighted by molar-refractivity contribution is 5.78. The van der Waals surface area contributed by atoms with E-state index in [2.05, 4.69) is 5.32 Å². The van der Waals surface area contributed by atoms with Crippen molar-refractivity contribution >= 4 is 5.91 Å². The lowest BCUT2D eigenvalue weighted by atomic mass is 9.96. The summed E-state index contributed by atoms with van der Waals surface area (Å²) in [5, 5.41) is 3.29. The summed E-state index contributed by atoms with van der Waals surface area (Å²) in [5.41, 5.74) is 1.10. The summed E-state index contributed by atoms with van der Waals surface area (Å²) in [6, 6.07) is 7.87. The highest BCUT2D eigenvalue weighted by Gasteiger charge is 2.23. The lowest BCUT2D eigenvalue weighted by molar-refractivity contribution is -0.135. The second kappa shape index (κ2) is 6.57. The van der Waals surface area contributed by atoms with Gasteiger partial charge in [0.25, 0.3) is 0 Å². The molecule has 2 rings (SSSR count). The second-order valence-electron chi connectivity index (χ2n) is 5.07. The molecule has 1 aliphatic rings. The fraction of sp³-hybridized carbons (Fsp3) is 0.533. The Bertz CT molecular complexity index is 428. The van der Waals surface area contributed by atoms with Crippen LogP contribution in [0.25, 0.3) is 0 Å². The Morgan fingerprint density at radius 1 is 1.42 bits per heavy atom. The van der Waals surface area contributed by atoms with E-state index in [4.69, 9.17) is 4.74 Å². The number of piperidine rings is 1. The first-order valence-corrected chi connectivity index (χ1v) is 6.79. The molecule has 104 valence electrons. The lowest BCUT2D eigenvalue weighted by Gasteiger charge is -2.27. The minimum absolute atomic E-state index is 0.178. The van der Waals surface area contributed by atoms with Crippen LogP contribution in [-0.4, -0.2) is 38.1 Å². The molecule has 1 amide bonds. The Hall–Kier alpha value is -1.55. The molecule has 4 nitrogen and oxygen atoms in total. The quantitative estimate of drug-likeness (QED) is 0.897. The third kappa shape index (κ3) is 3.70. The summed E-state index contributed by atoms with van der Waals surface area (Å²) < 4.78 is 5.20. The third-order valence-electron chi connectivity index (χ3n) is 3.62. The molecule has 1 saturated heterocycles.